The van der Waals surface area contributed by atoms with Gasteiger partial charge in [0.1, 0.15) is 5.65 Å². The summed E-state index contributed by atoms with van der Waals surface area (Å²) in [5, 5.41) is 13.4. The molecule has 0 amide bonds. The first kappa shape index (κ1) is 32.3. The van der Waals surface area contributed by atoms with Gasteiger partial charge in [-0.15, -0.1) is 11.3 Å². The Labute approximate surface area is 347 Å². The number of hydrogen-bond donors (Lipinski definition) is 0. The van der Waals surface area contributed by atoms with E-state index in [1.165, 1.54) is 63.4 Å². The van der Waals surface area contributed by atoms with Crippen LogP contribution in [0.2, 0.25) is 0 Å². The molecule has 4 nitrogen and oxygen atoms in total. The lowest BCUT2D eigenvalue weighted by Crippen LogP contribution is -2.16. The van der Waals surface area contributed by atoms with Crippen molar-refractivity contribution in [2.45, 2.75) is 0 Å². The molecule has 5 heteroatoms. The van der Waals surface area contributed by atoms with E-state index in [2.05, 4.69) is 197 Å². The van der Waals surface area contributed by atoms with Crippen molar-refractivity contribution in [3.8, 4) is 22.6 Å². The molecule has 278 valence electrons. The molecule has 1 aliphatic rings. The monoisotopic (exact) mass is 781 g/mol. The molecule has 3 aromatic heterocycles. The molecule has 14 rings (SSSR count). The van der Waals surface area contributed by atoms with Crippen molar-refractivity contribution < 1.29 is 4.74 Å². The van der Waals surface area contributed by atoms with Gasteiger partial charge in [-0.25, -0.2) is 4.98 Å². The summed E-state index contributed by atoms with van der Waals surface area (Å²) in [7, 11) is 0. The van der Waals surface area contributed by atoms with E-state index in [0.29, 0.717) is 0 Å². The van der Waals surface area contributed by atoms with Crippen LogP contribution in [0.5, 0.6) is 11.5 Å². The van der Waals surface area contributed by atoms with Crippen LogP contribution in [0.1, 0.15) is 0 Å². The van der Waals surface area contributed by atoms with Gasteiger partial charge in [-0.1, -0.05) is 115 Å². The highest BCUT2D eigenvalue weighted by Gasteiger charge is 2.29. The van der Waals surface area contributed by atoms with E-state index in [-0.39, 0.29) is 0 Å². The van der Waals surface area contributed by atoms with E-state index in [4.69, 9.17) is 9.72 Å². The molecule has 0 bridgehead atoms. The number of rotatable bonds is 2. The lowest BCUT2D eigenvalue weighted by Gasteiger charge is -2.34. The lowest BCUT2D eigenvalue weighted by molar-refractivity contribution is 0.478. The molecule has 0 aliphatic carbocycles. The number of ether oxygens (including phenoxy) is 1. The fourth-order valence-electron chi connectivity index (χ4n) is 10.0. The highest BCUT2D eigenvalue weighted by Crippen LogP contribution is 2.54. The second-order valence-corrected chi connectivity index (χ2v) is 17.0. The minimum atomic E-state index is 0.820. The van der Waals surface area contributed by atoms with Gasteiger partial charge in [0, 0.05) is 36.6 Å². The van der Waals surface area contributed by atoms with E-state index < -0.39 is 0 Å². The molecule has 0 spiro atoms. The normalized spacial score (nSPS) is 12.8. The summed E-state index contributed by atoms with van der Waals surface area (Å²) in [6, 6.07) is 68.3. The SMILES string of the molecule is c1ccc2c(c1)nc1c3ccc(N4c5ccc(-c6ccc7c(c6)sc6ccccc67)cc5Oc5cc6c7ccccc7c7ccccc7c6cc54)cc3c3ccccc3n21. The van der Waals surface area contributed by atoms with Crippen molar-refractivity contribution in [1.29, 1.82) is 0 Å². The van der Waals surface area contributed by atoms with Gasteiger partial charge >= 0.3 is 0 Å². The number of fused-ring (bicyclic) bond motifs is 19. The van der Waals surface area contributed by atoms with Crippen LogP contribution in [0.4, 0.5) is 17.1 Å². The predicted octanol–water partition coefficient (Wildman–Crippen LogP) is 15.9. The molecule has 4 heterocycles. The maximum absolute atomic E-state index is 7.09. The first-order valence-electron chi connectivity index (χ1n) is 20.4. The summed E-state index contributed by atoms with van der Waals surface area (Å²) in [6.45, 7) is 0. The zero-order valence-electron chi connectivity index (χ0n) is 32.1. The standard InChI is InChI=1S/C55H31N3OS/c1-3-13-37-35(11-1)36-12-2-4-14-38(36)45-31-52-50(30-44(37)45)57(49-26-22-32(27-51(49)59-52)33-21-24-41-40-16-6-10-20-53(40)60-54(41)28-33)34-23-25-42-43(29-34)39-15-5-8-18-47(39)58-48-19-9-7-17-46(48)56-55(42)58/h1-31H. The van der Waals surface area contributed by atoms with E-state index in [1.807, 2.05) is 11.3 Å². The molecule has 0 saturated heterocycles. The largest absolute Gasteiger partial charge is 0.453 e. The van der Waals surface area contributed by atoms with Crippen LogP contribution < -0.4 is 9.64 Å². The van der Waals surface area contributed by atoms with Crippen molar-refractivity contribution in [2.24, 2.45) is 0 Å². The van der Waals surface area contributed by atoms with Crippen LogP contribution in [0.3, 0.4) is 0 Å². The number of imidazole rings is 1. The van der Waals surface area contributed by atoms with E-state index >= 15 is 0 Å². The van der Waals surface area contributed by atoms with Crippen LogP contribution in [-0.4, -0.2) is 9.38 Å². The summed E-state index contributed by atoms with van der Waals surface area (Å²) in [5.74, 6) is 1.65. The number of thiophene rings is 1. The van der Waals surface area contributed by atoms with Crippen LogP contribution in [0.15, 0.2) is 188 Å². The fourth-order valence-corrected chi connectivity index (χ4v) is 11.1. The third-order valence-electron chi connectivity index (χ3n) is 12.7. The average Bonchev–Trinajstić information content (AvgIpc) is 3.89. The van der Waals surface area contributed by atoms with Crippen molar-refractivity contribution in [1.82, 2.24) is 9.38 Å². The van der Waals surface area contributed by atoms with Gasteiger partial charge in [-0.3, -0.25) is 4.40 Å². The summed E-state index contributed by atoms with van der Waals surface area (Å²) in [6.07, 6.45) is 0. The van der Waals surface area contributed by atoms with Gasteiger partial charge in [0.05, 0.1) is 27.9 Å². The Kier molecular flexibility index (Phi) is 6.41. The molecule has 0 fully saturated rings. The van der Waals surface area contributed by atoms with Crippen LogP contribution >= 0.6 is 11.3 Å². The summed E-state index contributed by atoms with van der Waals surface area (Å²) in [4.78, 5) is 7.60. The zero-order valence-corrected chi connectivity index (χ0v) is 32.9. The van der Waals surface area contributed by atoms with Gasteiger partial charge in [-0.05, 0) is 122 Å². The molecule has 0 N–H and O–H groups in total. The topological polar surface area (TPSA) is 29.8 Å². The van der Waals surface area contributed by atoms with Crippen LogP contribution in [0.25, 0.3) is 102 Å². The maximum atomic E-state index is 7.09. The number of aromatic nitrogens is 2. The van der Waals surface area contributed by atoms with Crippen molar-refractivity contribution in [2.75, 3.05) is 4.90 Å². The second kappa shape index (κ2) is 11.9. The average molecular weight is 782 g/mol. The Bertz CT molecular complexity index is 4010. The van der Waals surface area contributed by atoms with Crippen LogP contribution in [0, 0.1) is 0 Å². The minimum absolute atomic E-state index is 0.820. The molecule has 10 aromatic carbocycles. The number of hydrogen-bond acceptors (Lipinski definition) is 4. The Morgan fingerprint density at radius 2 is 0.967 bits per heavy atom. The van der Waals surface area contributed by atoms with E-state index in [1.54, 1.807) is 0 Å². The van der Waals surface area contributed by atoms with Gasteiger partial charge in [-0.2, -0.15) is 0 Å². The molecular formula is C55H31N3OS. The van der Waals surface area contributed by atoms with Gasteiger partial charge in [0.25, 0.3) is 0 Å². The Morgan fingerprint density at radius 3 is 1.78 bits per heavy atom. The maximum Gasteiger partial charge on any atom is 0.152 e. The molecular weight excluding hydrogens is 751 g/mol. The van der Waals surface area contributed by atoms with Crippen LogP contribution in [-0.2, 0) is 0 Å². The summed E-state index contributed by atoms with van der Waals surface area (Å²) in [5.41, 5.74) is 9.55. The molecule has 60 heavy (non-hydrogen) atoms. The molecule has 0 unspecified atom stereocenters. The van der Waals surface area contributed by atoms with Gasteiger partial charge in [0.2, 0.25) is 0 Å². The Hall–Kier alpha value is -7.73. The Balaban J connectivity index is 1.03. The third kappa shape index (κ3) is 4.41. The number of para-hydroxylation sites is 3. The number of nitrogens with zero attached hydrogens (tertiary/aromatic N) is 3. The van der Waals surface area contributed by atoms with E-state index in [9.17, 15) is 0 Å². The first-order chi connectivity index (χ1) is 29.7. The Morgan fingerprint density at radius 1 is 0.383 bits per heavy atom. The predicted molar refractivity (Wildman–Crippen MR) is 253 cm³/mol. The molecule has 0 radical (unpaired) electrons. The minimum Gasteiger partial charge on any atom is -0.453 e. The van der Waals surface area contributed by atoms with Gasteiger partial charge < -0.3 is 9.64 Å². The zero-order chi connectivity index (χ0) is 39.1. The molecule has 13 aromatic rings. The smallest absolute Gasteiger partial charge is 0.152 e. The quantitative estimate of drug-likeness (QED) is 0.164. The fraction of sp³-hybridized carbons (Fsp3) is 0. The number of benzene rings is 10. The second-order valence-electron chi connectivity index (χ2n) is 15.9. The molecule has 0 saturated carbocycles. The number of pyridine rings is 1. The first-order valence-corrected chi connectivity index (χ1v) is 21.2. The highest BCUT2D eigenvalue weighted by molar-refractivity contribution is 7.25. The summed E-state index contributed by atoms with van der Waals surface area (Å²) < 4.78 is 12.0. The highest BCUT2D eigenvalue weighted by atomic mass is 32.1. The van der Waals surface area contributed by atoms with Gasteiger partial charge in [0.15, 0.2) is 11.5 Å². The van der Waals surface area contributed by atoms with Crippen molar-refractivity contribution in [3.63, 3.8) is 0 Å². The summed E-state index contributed by atoms with van der Waals surface area (Å²) >= 11 is 1.85. The molecule has 0 atom stereocenters. The lowest BCUT2D eigenvalue weighted by atomic mass is 9.93. The molecule has 1 aliphatic heterocycles. The third-order valence-corrected chi connectivity index (χ3v) is 13.8. The van der Waals surface area contributed by atoms with Crippen molar-refractivity contribution in [3.05, 3.63) is 188 Å². The van der Waals surface area contributed by atoms with Crippen molar-refractivity contribution >= 4 is 119 Å². The van der Waals surface area contributed by atoms with E-state index in [0.717, 1.165) is 67.1 Å². The number of anilines is 3.